The van der Waals surface area contributed by atoms with Crippen molar-refractivity contribution in [2.45, 2.75) is 13.5 Å². The molecule has 0 saturated heterocycles. The van der Waals surface area contributed by atoms with E-state index < -0.39 is 0 Å². The fraction of sp³-hybridized carbons (Fsp3) is 0.118. The van der Waals surface area contributed by atoms with Gasteiger partial charge in [-0.3, -0.25) is 14.6 Å². The quantitative estimate of drug-likeness (QED) is 0.592. The first-order valence-corrected chi connectivity index (χ1v) is 8.43. The molecule has 25 heavy (non-hydrogen) atoms. The summed E-state index contributed by atoms with van der Waals surface area (Å²) < 4.78 is 3.25. The molecule has 4 aromatic rings. The second kappa shape index (κ2) is 6.06. The molecule has 0 spiro atoms. The zero-order valence-corrected chi connectivity index (χ0v) is 14.7. The summed E-state index contributed by atoms with van der Waals surface area (Å²) >= 11 is 12.1. The molecule has 126 valence electrons. The zero-order valence-electron chi connectivity index (χ0n) is 13.2. The van der Waals surface area contributed by atoms with Gasteiger partial charge >= 0.3 is 0 Å². The van der Waals surface area contributed by atoms with E-state index in [1.165, 1.54) is 10.6 Å². The molecule has 0 amide bonds. The average molecular weight is 374 g/mol. The third-order valence-corrected chi connectivity index (χ3v) is 4.74. The van der Waals surface area contributed by atoms with Crippen LogP contribution < -0.4 is 5.56 Å². The maximum absolute atomic E-state index is 12.5. The van der Waals surface area contributed by atoms with Crippen LogP contribution in [0.1, 0.15) is 6.92 Å². The van der Waals surface area contributed by atoms with Crippen molar-refractivity contribution in [3.05, 3.63) is 63.1 Å². The van der Waals surface area contributed by atoms with Crippen LogP contribution in [0.15, 0.2) is 47.5 Å². The van der Waals surface area contributed by atoms with Gasteiger partial charge in [0.2, 0.25) is 0 Å². The summed E-state index contributed by atoms with van der Waals surface area (Å²) in [7, 11) is 0. The van der Waals surface area contributed by atoms with Crippen LogP contribution in [0.5, 0.6) is 0 Å². The molecule has 0 radical (unpaired) electrons. The first kappa shape index (κ1) is 15.9. The molecule has 8 heteroatoms. The third kappa shape index (κ3) is 2.63. The maximum Gasteiger partial charge on any atom is 0.273 e. The molecule has 0 aliphatic carbocycles. The van der Waals surface area contributed by atoms with Crippen LogP contribution >= 0.6 is 23.2 Å². The molecule has 0 atom stereocenters. The number of fused-ring (bicyclic) bond motifs is 1. The minimum absolute atomic E-state index is 0.208. The van der Waals surface area contributed by atoms with Gasteiger partial charge in [-0.25, -0.2) is 9.50 Å². The Kier molecular flexibility index (Phi) is 3.86. The van der Waals surface area contributed by atoms with Crippen molar-refractivity contribution in [1.82, 2.24) is 24.4 Å². The molecule has 0 bridgehead atoms. The molecule has 6 nitrogen and oxygen atoms in total. The van der Waals surface area contributed by atoms with Gasteiger partial charge in [-0.1, -0.05) is 29.3 Å². The topological polar surface area (TPSA) is 68.0 Å². The number of rotatable bonds is 3. The van der Waals surface area contributed by atoms with Gasteiger partial charge in [-0.15, -0.1) is 0 Å². The van der Waals surface area contributed by atoms with Gasteiger partial charge in [0.05, 0.1) is 27.0 Å². The summed E-state index contributed by atoms with van der Waals surface area (Å²) in [5, 5.41) is 8.10. The van der Waals surface area contributed by atoms with E-state index in [0.29, 0.717) is 21.4 Å². The number of H-pyrrole nitrogens is 1. The largest absolute Gasteiger partial charge is 0.296 e. The molecule has 0 aliphatic heterocycles. The van der Waals surface area contributed by atoms with Crippen LogP contribution in [0.25, 0.3) is 28.2 Å². The van der Waals surface area contributed by atoms with Crippen molar-refractivity contribution >= 4 is 28.8 Å². The van der Waals surface area contributed by atoms with Crippen molar-refractivity contribution in [3.8, 4) is 22.5 Å². The van der Waals surface area contributed by atoms with Gasteiger partial charge in [-0.2, -0.15) is 5.10 Å². The molecule has 0 fully saturated rings. The summed E-state index contributed by atoms with van der Waals surface area (Å²) in [6, 6.07) is 8.53. The molecular weight excluding hydrogens is 361 g/mol. The number of aromatic amines is 1. The van der Waals surface area contributed by atoms with E-state index >= 15 is 0 Å². The number of nitrogens with one attached hydrogen (secondary N) is 1. The van der Waals surface area contributed by atoms with E-state index in [1.807, 2.05) is 17.7 Å². The van der Waals surface area contributed by atoms with E-state index in [4.69, 9.17) is 23.2 Å². The van der Waals surface area contributed by atoms with Crippen molar-refractivity contribution in [2.75, 3.05) is 0 Å². The van der Waals surface area contributed by atoms with Crippen LogP contribution in [0, 0.1) is 0 Å². The van der Waals surface area contributed by atoms with E-state index in [-0.39, 0.29) is 5.56 Å². The summed E-state index contributed by atoms with van der Waals surface area (Å²) in [4.78, 5) is 17.1. The Labute approximate surface area is 152 Å². The van der Waals surface area contributed by atoms with Crippen LogP contribution in [0.2, 0.25) is 10.0 Å². The lowest BCUT2D eigenvalue weighted by Gasteiger charge is -2.05. The highest BCUT2D eigenvalue weighted by molar-refractivity contribution is 6.42. The molecule has 0 aliphatic rings. The molecular formula is C17H13Cl2N5O. The number of benzene rings is 1. The molecule has 1 N–H and O–H groups in total. The van der Waals surface area contributed by atoms with Gasteiger partial charge < -0.3 is 0 Å². The first-order valence-electron chi connectivity index (χ1n) is 7.67. The van der Waals surface area contributed by atoms with Crippen molar-refractivity contribution in [3.63, 3.8) is 0 Å². The second-order valence-corrected chi connectivity index (χ2v) is 6.30. The van der Waals surface area contributed by atoms with Gasteiger partial charge in [-0.05, 0) is 25.1 Å². The third-order valence-electron chi connectivity index (χ3n) is 4.01. The molecule has 1 aromatic carbocycles. The molecule has 0 unspecified atom stereocenters. The van der Waals surface area contributed by atoms with Crippen LogP contribution in [-0.2, 0) is 6.54 Å². The molecule has 4 rings (SSSR count). The number of halogens is 2. The zero-order chi connectivity index (χ0) is 17.6. The fourth-order valence-corrected chi connectivity index (χ4v) is 3.08. The van der Waals surface area contributed by atoms with Crippen LogP contribution in [0.3, 0.4) is 0 Å². The average Bonchev–Trinajstić information content (AvgIpc) is 3.23. The van der Waals surface area contributed by atoms with Crippen LogP contribution in [-0.4, -0.2) is 24.4 Å². The molecule has 3 aromatic heterocycles. The summed E-state index contributed by atoms with van der Waals surface area (Å²) in [5.74, 6) is 0. The summed E-state index contributed by atoms with van der Waals surface area (Å²) in [5.41, 5.74) is 3.28. The fourth-order valence-electron chi connectivity index (χ4n) is 2.79. The first-order chi connectivity index (χ1) is 12.1. The van der Waals surface area contributed by atoms with E-state index in [9.17, 15) is 4.79 Å². The monoisotopic (exact) mass is 373 g/mol. The smallest absolute Gasteiger partial charge is 0.273 e. The highest BCUT2D eigenvalue weighted by Crippen LogP contribution is 2.28. The van der Waals surface area contributed by atoms with Gasteiger partial charge in [0.1, 0.15) is 0 Å². The number of aromatic nitrogens is 5. The Bertz CT molecular complexity index is 1140. The van der Waals surface area contributed by atoms with Gasteiger partial charge in [0.25, 0.3) is 5.56 Å². The number of nitrogens with zero attached hydrogens (tertiary/aromatic N) is 4. The molecule has 3 heterocycles. The van der Waals surface area contributed by atoms with Crippen molar-refractivity contribution < 1.29 is 0 Å². The van der Waals surface area contributed by atoms with E-state index in [1.54, 1.807) is 30.6 Å². The van der Waals surface area contributed by atoms with E-state index in [0.717, 1.165) is 23.4 Å². The highest BCUT2D eigenvalue weighted by atomic mass is 35.5. The SMILES string of the molecule is CCn1nccc1-c1c[nH]n2c(=O)cc(-c3ccc(Cl)c(Cl)c3)nc12. The Morgan fingerprint density at radius 3 is 2.76 bits per heavy atom. The number of hydrogen-bond acceptors (Lipinski definition) is 3. The predicted octanol–water partition coefficient (Wildman–Crippen LogP) is 3.88. The minimum atomic E-state index is -0.208. The highest BCUT2D eigenvalue weighted by Gasteiger charge is 2.15. The van der Waals surface area contributed by atoms with Gasteiger partial charge in [0, 0.05) is 30.6 Å². The Morgan fingerprint density at radius 1 is 1.16 bits per heavy atom. The maximum atomic E-state index is 12.5. The second-order valence-electron chi connectivity index (χ2n) is 5.49. The number of aryl methyl sites for hydroxylation is 1. The Morgan fingerprint density at radius 2 is 2.00 bits per heavy atom. The lowest BCUT2D eigenvalue weighted by atomic mass is 10.1. The standard InChI is InChI=1S/C17H13Cl2N5O/c1-2-23-15(5-6-20-23)11-9-21-24-16(25)8-14(22-17(11)24)10-3-4-12(18)13(19)7-10/h3-9,21H,2H2,1H3. The predicted molar refractivity (Wildman–Crippen MR) is 98.2 cm³/mol. The van der Waals surface area contributed by atoms with Crippen LogP contribution in [0.4, 0.5) is 0 Å². The normalized spacial score (nSPS) is 11.3. The minimum Gasteiger partial charge on any atom is -0.296 e. The van der Waals surface area contributed by atoms with E-state index in [2.05, 4.69) is 15.2 Å². The molecule has 0 saturated carbocycles. The lowest BCUT2D eigenvalue weighted by Crippen LogP contribution is -2.14. The number of hydrogen-bond donors (Lipinski definition) is 1. The summed E-state index contributed by atoms with van der Waals surface area (Å²) in [6.45, 7) is 2.72. The van der Waals surface area contributed by atoms with Crippen molar-refractivity contribution in [1.29, 1.82) is 0 Å². The van der Waals surface area contributed by atoms with Crippen molar-refractivity contribution in [2.24, 2.45) is 0 Å². The Balaban J connectivity index is 1.95. The summed E-state index contributed by atoms with van der Waals surface area (Å²) in [6.07, 6.45) is 3.48. The lowest BCUT2D eigenvalue weighted by molar-refractivity contribution is 0.667. The Hall–Kier alpha value is -2.57. The van der Waals surface area contributed by atoms with Gasteiger partial charge in [0.15, 0.2) is 5.65 Å².